The van der Waals surface area contributed by atoms with Crippen molar-refractivity contribution in [3.8, 4) is 0 Å². The quantitative estimate of drug-likeness (QED) is 0.212. The van der Waals surface area contributed by atoms with E-state index in [-0.39, 0.29) is 28.5 Å². The maximum Gasteiger partial charge on any atom is 0.244 e. The minimum atomic E-state index is -4.10. The molecule has 0 saturated heterocycles. The molecule has 206 valence electrons. The molecule has 40 heavy (non-hydrogen) atoms. The van der Waals surface area contributed by atoms with E-state index in [2.05, 4.69) is 5.32 Å². The van der Waals surface area contributed by atoms with Crippen LogP contribution >= 0.6 is 23.2 Å². The van der Waals surface area contributed by atoms with E-state index in [1.807, 2.05) is 6.92 Å². The summed E-state index contributed by atoms with van der Waals surface area (Å²) in [6.07, 6.45) is 0. The first-order valence-electron chi connectivity index (χ1n) is 12.5. The van der Waals surface area contributed by atoms with E-state index in [4.69, 9.17) is 23.2 Å². The lowest BCUT2D eigenvalue weighted by molar-refractivity contribution is -0.116. The highest BCUT2D eigenvalue weighted by Gasteiger charge is 2.30. The fourth-order valence-electron chi connectivity index (χ4n) is 4.63. The van der Waals surface area contributed by atoms with Gasteiger partial charge in [-0.05, 0) is 67.8 Å². The Hall–Kier alpha value is -3.49. The minimum absolute atomic E-state index is 0.0594. The molecule has 0 unspecified atom stereocenters. The third-order valence-corrected chi connectivity index (χ3v) is 8.92. The lowest BCUT2D eigenvalue weighted by Crippen LogP contribution is -2.38. The molecule has 4 aromatic rings. The Balaban J connectivity index is 1.68. The zero-order valence-corrected chi connectivity index (χ0v) is 24.6. The number of nitrogens with zero attached hydrogens (tertiary/aromatic N) is 1. The zero-order chi connectivity index (χ0) is 29.0. The molecular formula is C31H28Cl2N2O4S. The number of hydrogen-bond donors (Lipinski definition) is 1. The van der Waals surface area contributed by atoms with Gasteiger partial charge in [-0.2, -0.15) is 4.31 Å². The number of carbonyl (C=O) groups excluding carboxylic acids is 2. The van der Waals surface area contributed by atoms with Crippen LogP contribution in [0.2, 0.25) is 10.0 Å². The van der Waals surface area contributed by atoms with Crippen molar-refractivity contribution < 1.29 is 18.0 Å². The van der Waals surface area contributed by atoms with Crippen molar-refractivity contribution in [2.75, 3.05) is 11.9 Å². The van der Waals surface area contributed by atoms with Crippen LogP contribution in [-0.2, 0) is 21.4 Å². The van der Waals surface area contributed by atoms with E-state index < -0.39 is 22.5 Å². The number of halogens is 2. The van der Waals surface area contributed by atoms with Crippen LogP contribution in [0.15, 0.2) is 89.8 Å². The Morgan fingerprint density at radius 3 is 2.02 bits per heavy atom. The monoisotopic (exact) mass is 594 g/mol. The fraction of sp³-hybridized carbons (Fsp3) is 0.161. The summed E-state index contributed by atoms with van der Waals surface area (Å²) >= 11 is 12.2. The molecule has 0 radical (unpaired) electrons. The van der Waals surface area contributed by atoms with E-state index >= 15 is 0 Å². The first kappa shape index (κ1) is 29.5. The molecule has 0 heterocycles. The number of carbonyl (C=O) groups is 2. The molecule has 1 N–H and O–H groups in total. The van der Waals surface area contributed by atoms with Crippen molar-refractivity contribution in [3.05, 3.63) is 128 Å². The van der Waals surface area contributed by atoms with Crippen LogP contribution in [0.3, 0.4) is 0 Å². The van der Waals surface area contributed by atoms with Crippen LogP contribution in [-0.4, -0.2) is 31.0 Å². The molecule has 0 aliphatic carbocycles. The van der Waals surface area contributed by atoms with E-state index in [1.165, 1.54) is 12.1 Å². The van der Waals surface area contributed by atoms with Crippen molar-refractivity contribution in [2.24, 2.45) is 0 Å². The summed E-state index contributed by atoms with van der Waals surface area (Å²) in [4.78, 5) is 26.8. The summed E-state index contributed by atoms with van der Waals surface area (Å²) in [7, 11) is -4.10. The molecule has 0 aliphatic heterocycles. The van der Waals surface area contributed by atoms with Crippen LogP contribution in [0, 0.1) is 20.8 Å². The van der Waals surface area contributed by atoms with Crippen LogP contribution < -0.4 is 5.32 Å². The minimum Gasteiger partial charge on any atom is -0.324 e. The van der Waals surface area contributed by atoms with Gasteiger partial charge >= 0.3 is 0 Å². The number of amides is 1. The van der Waals surface area contributed by atoms with Gasteiger partial charge in [0.25, 0.3) is 0 Å². The van der Waals surface area contributed by atoms with E-state index in [9.17, 15) is 18.0 Å². The molecule has 0 aromatic heterocycles. The molecule has 4 aromatic carbocycles. The second-order valence-electron chi connectivity index (χ2n) is 9.56. The Morgan fingerprint density at radius 2 is 1.40 bits per heavy atom. The number of sulfonamides is 1. The molecule has 0 atom stereocenters. The molecule has 0 bridgehead atoms. The molecule has 0 fully saturated rings. The second kappa shape index (κ2) is 12.4. The Morgan fingerprint density at radius 1 is 0.800 bits per heavy atom. The Bertz CT molecular complexity index is 1650. The number of rotatable bonds is 9. The van der Waals surface area contributed by atoms with Gasteiger partial charge in [-0.15, -0.1) is 0 Å². The number of nitrogens with one attached hydrogen (secondary N) is 1. The van der Waals surface area contributed by atoms with Crippen molar-refractivity contribution in [2.45, 2.75) is 32.2 Å². The Labute approximate surface area is 244 Å². The number of ketones is 1. The first-order valence-corrected chi connectivity index (χ1v) is 14.7. The summed E-state index contributed by atoms with van der Waals surface area (Å²) in [6, 6.07) is 23.5. The maximum absolute atomic E-state index is 14.0. The molecule has 0 spiro atoms. The summed E-state index contributed by atoms with van der Waals surface area (Å²) in [5, 5.41) is 3.57. The standard InChI is InChI=1S/C31H28Cl2N2O4S/c1-20-15-21(2)31(22(3)16-20)40(38,39)35(18-23-9-11-25(32)12-10-23)19-29(36)34-28-14-13-26(33)17-27(28)30(37)24-7-5-4-6-8-24/h4-17H,18-19H2,1-3H3,(H,34,36). The lowest BCUT2D eigenvalue weighted by atomic mass is 10.0. The molecule has 4 rings (SSSR count). The van der Waals surface area contributed by atoms with Gasteiger partial charge in [-0.25, -0.2) is 8.42 Å². The number of aryl methyl sites for hydroxylation is 3. The van der Waals surface area contributed by atoms with Crippen molar-refractivity contribution >= 4 is 50.6 Å². The SMILES string of the molecule is Cc1cc(C)c(S(=O)(=O)N(CC(=O)Nc2ccc(Cl)cc2C(=O)c2ccccc2)Cc2ccc(Cl)cc2)c(C)c1. The van der Waals surface area contributed by atoms with Crippen molar-refractivity contribution in [1.29, 1.82) is 0 Å². The summed E-state index contributed by atoms with van der Waals surface area (Å²) in [5.74, 6) is -0.931. The van der Waals surface area contributed by atoms with Crippen LogP contribution in [0.25, 0.3) is 0 Å². The molecular weight excluding hydrogens is 567 g/mol. The summed E-state index contributed by atoms with van der Waals surface area (Å²) < 4.78 is 29.1. The van der Waals surface area contributed by atoms with E-state index in [0.29, 0.717) is 32.3 Å². The highest BCUT2D eigenvalue weighted by molar-refractivity contribution is 7.89. The third kappa shape index (κ3) is 6.80. The fourth-order valence-corrected chi connectivity index (χ4v) is 6.72. The van der Waals surface area contributed by atoms with Crippen LogP contribution in [0.4, 0.5) is 5.69 Å². The molecule has 6 nitrogen and oxygen atoms in total. The van der Waals surface area contributed by atoms with Gasteiger partial charge in [0.15, 0.2) is 5.78 Å². The van der Waals surface area contributed by atoms with E-state index in [1.54, 1.807) is 86.6 Å². The van der Waals surface area contributed by atoms with Gasteiger partial charge in [0.05, 0.1) is 17.1 Å². The van der Waals surface area contributed by atoms with Gasteiger partial charge < -0.3 is 5.32 Å². The number of benzene rings is 4. The molecule has 0 saturated carbocycles. The first-order chi connectivity index (χ1) is 19.0. The topological polar surface area (TPSA) is 83.6 Å². The predicted octanol–water partition coefficient (Wildman–Crippen LogP) is 6.98. The second-order valence-corrected chi connectivity index (χ2v) is 12.3. The summed E-state index contributed by atoms with van der Waals surface area (Å²) in [6.45, 7) is 4.83. The van der Waals surface area contributed by atoms with Gasteiger partial charge in [0, 0.05) is 27.7 Å². The third-order valence-electron chi connectivity index (χ3n) is 6.33. The van der Waals surface area contributed by atoms with Crippen LogP contribution in [0.5, 0.6) is 0 Å². The van der Waals surface area contributed by atoms with Crippen molar-refractivity contribution in [1.82, 2.24) is 4.31 Å². The molecule has 0 aliphatic rings. The smallest absolute Gasteiger partial charge is 0.244 e. The highest BCUT2D eigenvalue weighted by Crippen LogP contribution is 2.28. The van der Waals surface area contributed by atoms with E-state index in [0.717, 1.165) is 9.87 Å². The van der Waals surface area contributed by atoms with Gasteiger partial charge in [0.1, 0.15) is 0 Å². The molecule has 9 heteroatoms. The Kier molecular flexibility index (Phi) is 9.11. The average Bonchev–Trinajstić information content (AvgIpc) is 2.90. The van der Waals surface area contributed by atoms with Gasteiger partial charge in [0.2, 0.25) is 15.9 Å². The molecule has 1 amide bonds. The average molecular weight is 596 g/mol. The summed E-state index contributed by atoms with van der Waals surface area (Å²) in [5.41, 5.74) is 3.64. The zero-order valence-electron chi connectivity index (χ0n) is 22.2. The predicted molar refractivity (Wildman–Crippen MR) is 160 cm³/mol. The van der Waals surface area contributed by atoms with Gasteiger partial charge in [-0.1, -0.05) is 83.4 Å². The maximum atomic E-state index is 14.0. The largest absolute Gasteiger partial charge is 0.324 e. The lowest BCUT2D eigenvalue weighted by Gasteiger charge is -2.24. The number of hydrogen-bond acceptors (Lipinski definition) is 4. The highest BCUT2D eigenvalue weighted by atomic mass is 35.5. The van der Waals surface area contributed by atoms with Crippen LogP contribution in [0.1, 0.15) is 38.2 Å². The van der Waals surface area contributed by atoms with Crippen molar-refractivity contribution in [3.63, 3.8) is 0 Å². The normalized spacial score (nSPS) is 11.4. The van der Waals surface area contributed by atoms with Gasteiger partial charge in [-0.3, -0.25) is 9.59 Å². The number of anilines is 1.